The van der Waals surface area contributed by atoms with Gasteiger partial charge in [-0.15, -0.1) is 0 Å². The van der Waals surface area contributed by atoms with E-state index < -0.39 is 0 Å². The van der Waals surface area contributed by atoms with E-state index in [9.17, 15) is 13.6 Å². The van der Waals surface area contributed by atoms with Crippen molar-refractivity contribution in [2.24, 2.45) is 0 Å². The number of para-hydroxylation sites is 1. The van der Waals surface area contributed by atoms with E-state index in [1.54, 1.807) is 41.3 Å². The molecule has 1 N–H and O–H groups in total. The molecule has 6 nitrogen and oxygen atoms in total. The first kappa shape index (κ1) is 18.8. The highest BCUT2D eigenvalue weighted by Crippen LogP contribution is 2.21. The number of halogens is 2. The van der Waals surface area contributed by atoms with Gasteiger partial charge in [0.05, 0.1) is 5.69 Å². The molecule has 2 aromatic carbocycles. The molecule has 4 rings (SSSR count). The number of carbonyl (C=O) groups excluding carboxylic acids is 1. The highest BCUT2D eigenvalue weighted by atomic mass is 19.1. The van der Waals surface area contributed by atoms with Crippen LogP contribution in [0.25, 0.3) is 0 Å². The summed E-state index contributed by atoms with van der Waals surface area (Å²) in [5, 5.41) is 2.95. The molecule has 1 aliphatic rings. The monoisotopic (exact) mass is 395 g/mol. The van der Waals surface area contributed by atoms with Crippen molar-refractivity contribution in [3.8, 4) is 0 Å². The van der Waals surface area contributed by atoms with Gasteiger partial charge >= 0.3 is 0 Å². The number of nitrogens with zero attached hydrogens (tertiary/aromatic N) is 4. The Bertz CT molecular complexity index is 1000. The van der Waals surface area contributed by atoms with Crippen molar-refractivity contribution in [2.75, 3.05) is 36.4 Å². The lowest BCUT2D eigenvalue weighted by Crippen LogP contribution is -2.49. The number of aromatic nitrogens is 2. The molecule has 1 fully saturated rings. The van der Waals surface area contributed by atoms with Crippen molar-refractivity contribution in [1.29, 1.82) is 0 Å². The molecule has 0 radical (unpaired) electrons. The molecule has 148 valence electrons. The van der Waals surface area contributed by atoms with E-state index in [1.165, 1.54) is 24.4 Å². The van der Waals surface area contributed by atoms with Crippen LogP contribution in [0, 0.1) is 11.6 Å². The van der Waals surface area contributed by atoms with Gasteiger partial charge < -0.3 is 15.1 Å². The molecule has 1 saturated heterocycles. The van der Waals surface area contributed by atoms with Crippen LogP contribution >= 0.6 is 0 Å². The zero-order valence-corrected chi connectivity index (χ0v) is 15.6. The number of carbonyl (C=O) groups is 1. The number of hydrogen-bond acceptors (Lipinski definition) is 5. The van der Waals surface area contributed by atoms with Crippen molar-refractivity contribution in [3.63, 3.8) is 0 Å². The molecule has 8 heteroatoms. The summed E-state index contributed by atoms with van der Waals surface area (Å²) in [5.41, 5.74) is 1.44. The van der Waals surface area contributed by atoms with Crippen molar-refractivity contribution in [3.05, 3.63) is 78.1 Å². The Kier molecular flexibility index (Phi) is 5.33. The number of rotatable bonds is 4. The molecule has 3 aromatic rings. The van der Waals surface area contributed by atoms with Crippen LogP contribution in [0.4, 0.5) is 26.1 Å². The molecule has 0 atom stereocenters. The standard InChI is InChI=1S/C21H19F2N5O/c22-15-5-7-16(8-6-15)25-21-24-10-9-18(26-21)20(29)28-13-11-27(12-14-28)19-4-2-1-3-17(19)23/h1-10H,11-14H2,(H,24,25,26). The molecule has 1 aromatic heterocycles. The predicted octanol–water partition coefficient (Wildman–Crippen LogP) is 3.46. The normalized spacial score (nSPS) is 14.0. The third kappa shape index (κ3) is 4.31. The molecule has 29 heavy (non-hydrogen) atoms. The van der Waals surface area contributed by atoms with Gasteiger partial charge in [0.1, 0.15) is 17.3 Å². The van der Waals surface area contributed by atoms with Crippen molar-refractivity contribution in [1.82, 2.24) is 14.9 Å². The van der Waals surface area contributed by atoms with Crippen LogP contribution in [-0.4, -0.2) is 47.0 Å². The number of piperazine rings is 1. The van der Waals surface area contributed by atoms with Gasteiger partial charge in [0.2, 0.25) is 5.95 Å². The second-order valence-corrected chi connectivity index (χ2v) is 6.63. The molecule has 0 unspecified atom stereocenters. The van der Waals surface area contributed by atoms with Gasteiger partial charge in [0, 0.05) is 38.1 Å². The average molecular weight is 395 g/mol. The number of hydrogen-bond donors (Lipinski definition) is 1. The van der Waals surface area contributed by atoms with E-state index in [0.717, 1.165) is 0 Å². The van der Waals surface area contributed by atoms with Gasteiger partial charge in [-0.25, -0.2) is 18.7 Å². The molecule has 0 saturated carbocycles. The summed E-state index contributed by atoms with van der Waals surface area (Å²) in [5.74, 6) is -0.551. The van der Waals surface area contributed by atoms with Gasteiger partial charge in [0.15, 0.2) is 0 Å². The van der Waals surface area contributed by atoms with Gasteiger partial charge in [-0.05, 0) is 42.5 Å². The maximum atomic E-state index is 14.0. The molecule has 0 bridgehead atoms. The van der Waals surface area contributed by atoms with Crippen molar-refractivity contribution < 1.29 is 13.6 Å². The summed E-state index contributed by atoms with van der Waals surface area (Å²) in [6, 6.07) is 14.0. The van der Waals surface area contributed by atoms with E-state index >= 15 is 0 Å². The first-order chi connectivity index (χ1) is 14.1. The summed E-state index contributed by atoms with van der Waals surface area (Å²) in [4.78, 5) is 24.8. The zero-order chi connectivity index (χ0) is 20.2. The average Bonchev–Trinajstić information content (AvgIpc) is 2.76. The largest absolute Gasteiger partial charge is 0.366 e. The first-order valence-corrected chi connectivity index (χ1v) is 9.24. The lowest BCUT2D eigenvalue weighted by molar-refractivity contribution is 0.0740. The van der Waals surface area contributed by atoms with E-state index in [4.69, 9.17) is 0 Å². The Morgan fingerprint density at radius 1 is 0.931 bits per heavy atom. The van der Waals surface area contributed by atoms with Crippen molar-refractivity contribution in [2.45, 2.75) is 0 Å². The lowest BCUT2D eigenvalue weighted by Gasteiger charge is -2.36. The summed E-state index contributed by atoms with van der Waals surface area (Å²) >= 11 is 0. The molecule has 0 spiro atoms. The Morgan fingerprint density at radius 3 is 2.38 bits per heavy atom. The number of anilines is 3. The minimum Gasteiger partial charge on any atom is -0.366 e. The minimum absolute atomic E-state index is 0.206. The fourth-order valence-corrected chi connectivity index (χ4v) is 3.22. The summed E-state index contributed by atoms with van der Waals surface area (Å²) in [6.45, 7) is 2.02. The number of amides is 1. The van der Waals surface area contributed by atoms with Gasteiger partial charge in [-0.3, -0.25) is 4.79 Å². The van der Waals surface area contributed by atoms with E-state index in [0.29, 0.717) is 37.6 Å². The fourth-order valence-electron chi connectivity index (χ4n) is 3.22. The van der Waals surface area contributed by atoms with Crippen LogP contribution in [0.15, 0.2) is 60.8 Å². The quantitative estimate of drug-likeness (QED) is 0.733. The maximum Gasteiger partial charge on any atom is 0.272 e. The summed E-state index contributed by atoms with van der Waals surface area (Å²) in [7, 11) is 0. The van der Waals surface area contributed by atoms with E-state index in [2.05, 4.69) is 15.3 Å². The van der Waals surface area contributed by atoms with Crippen LogP contribution in [0.2, 0.25) is 0 Å². The molecular formula is C21H19F2N5O. The topological polar surface area (TPSA) is 61.4 Å². The molecular weight excluding hydrogens is 376 g/mol. The van der Waals surface area contributed by atoms with Gasteiger partial charge in [-0.1, -0.05) is 12.1 Å². The van der Waals surface area contributed by atoms with Gasteiger partial charge in [-0.2, -0.15) is 0 Å². The Morgan fingerprint density at radius 2 is 1.66 bits per heavy atom. The lowest BCUT2D eigenvalue weighted by atomic mass is 10.2. The third-order valence-electron chi connectivity index (χ3n) is 4.74. The van der Waals surface area contributed by atoms with Gasteiger partial charge in [0.25, 0.3) is 5.91 Å². The van der Waals surface area contributed by atoms with Crippen LogP contribution < -0.4 is 10.2 Å². The SMILES string of the molecule is O=C(c1ccnc(Nc2ccc(F)cc2)n1)N1CCN(c2ccccc2F)CC1. The number of benzene rings is 2. The Labute approximate surface area is 166 Å². The summed E-state index contributed by atoms with van der Waals surface area (Å²) in [6.07, 6.45) is 1.50. The van der Waals surface area contributed by atoms with E-state index in [-0.39, 0.29) is 29.2 Å². The molecule has 1 amide bonds. The van der Waals surface area contributed by atoms with Crippen LogP contribution in [0.1, 0.15) is 10.5 Å². The van der Waals surface area contributed by atoms with Crippen molar-refractivity contribution >= 4 is 23.2 Å². The minimum atomic E-state index is -0.338. The highest BCUT2D eigenvalue weighted by molar-refractivity contribution is 5.92. The van der Waals surface area contributed by atoms with Crippen LogP contribution in [0.3, 0.4) is 0 Å². The third-order valence-corrected chi connectivity index (χ3v) is 4.74. The van der Waals surface area contributed by atoms with E-state index in [1.807, 2.05) is 4.90 Å². The zero-order valence-electron chi connectivity index (χ0n) is 15.6. The van der Waals surface area contributed by atoms with Crippen LogP contribution in [-0.2, 0) is 0 Å². The maximum absolute atomic E-state index is 14.0. The second-order valence-electron chi connectivity index (χ2n) is 6.63. The Balaban J connectivity index is 1.41. The summed E-state index contributed by atoms with van der Waals surface area (Å²) < 4.78 is 27.0. The number of nitrogens with one attached hydrogen (secondary N) is 1. The first-order valence-electron chi connectivity index (χ1n) is 9.24. The fraction of sp³-hybridized carbons (Fsp3) is 0.190. The second kappa shape index (κ2) is 8.22. The predicted molar refractivity (Wildman–Crippen MR) is 106 cm³/mol. The smallest absolute Gasteiger partial charge is 0.272 e. The molecule has 0 aliphatic carbocycles. The molecule has 2 heterocycles. The highest BCUT2D eigenvalue weighted by Gasteiger charge is 2.24. The van der Waals surface area contributed by atoms with Crippen LogP contribution in [0.5, 0.6) is 0 Å². The Hall–Kier alpha value is -3.55. The molecule has 1 aliphatic heterocycles.